The summed E-state index contributed by atoms with van der Waals surface area (Å²) in [5.41, 5.74) is 15.4. The fraction of sp³-hybridized carbons (Fsp3) is 0.188. The van der Waals surface area contributed by atoms with Crippen molar-refractivity contribution in [3.8, 4) is 46.0 Å². The highest BCUT2D eigenvalue weighted by atomic mass is 14.7. The van der Waals surface area contributed by atoms with Crippen LogP contribution in [0.4, 0.5) is 0 Å². The Morgan fingerprint density at radius 1 is 0.824 bits per heavy atom. The molecule has 0 saturated heterocycles. The van der Waals surface area contributed by atoms with Crippen LogP contribution in [-0.2, 0) is 6.42 Å². The van der Waals surface area contributed by atoms with Crippen LogP contribution in [0.15, 0.2) is 145 Å². The highest BCUT2D eigenvalue weighted by molar-refractivity contribution is 5.84. The summed E-state index contributed by atoms with van der Waals surface area (Å²) in [6, 6.07) is 19.9. The van der Waals surface area contributed by atoms with Crippen LogP contribution in [0.5, 0.6) is 0 Å². The van der Waals surface area contributed by atoms with Crippen molar-refractivity contribution in [2.24, 2.45) is 5.92 Å². The summed E-state index contributed by atoms with van der Waals surface area (Å²) < 4.78 is 0. The van der Waals surface area contributed by atoms with Gasteiger partial charge >= 0.3 is 0 Å². The number of hydrogen-bond acceptors (Lipinski definition) is 3. The molecule has 0 saturated carbocycles. The van der Waals surface area contributed by atoms with E-state index in [-0.39, 0.29) is 0 Å². The Morgan fingerprint density at radius 2 is 1.61 bits per heavy atom. The van der Waals surface area contributed by atoms with E-state index in [1.165, 1.54) is 22.3 Å². The van der Waals surface area contributed by atoms with Crippen LogP contribution in [0.25, 0.3) is 50.4 Å². The molecule has 3 nitrogen and oxygen atoms in total. The van der Waals surface area contributed by atoms with Gasteiger partial charge in [0, 0.05) is 23.5 Å². The van der Waals surface area contributed by atoms with E-state index in [0.717, 1.165) is 94.7 Å². The molecule has 0 radical (unpaired) electrons. The van der Waals surface area contributed by atoms with Crippen molar-refractivity contribution in [3.05, 3.63) is 168 Å². The zero-order valence-electron chi connectivity index (χ0n) is 29.5. The molecule has 0 spiro atoms. The standard InChI is InChI=1S/C48H43N3/c1-4-5-8-13-35(3)45-32-42(33-48(51-45)39-16-11-7-12-17-39)41-28-43(46-27-37(22-24-49-46)26-36-20-18-34(2)19-21-36)30-44(29-41)47-31-40(23-25-50-47)38-14-9-6-10-15-38/h1,5-6,8-9,11,13-14,16-18,20-25,27-34H,7,10,12,15,19,26H2,2-3H3/b8-5-,35-13+. The van der Waals surface area contributed by atoms with Gasteiger partial charge in [0.15, 0.2) is 0 Å². The number of hydrogen-bond donors (Lipinski definition) is 0. The maximum absolute atomic E-state index is 5.49. The van der Waals surface area contributed by atoms with Gasteiger partial charge in [0.1, 0.15) is 0 Å². The van der Waals surface area contributed by atoms with Gasteiger partial charge in [-0.1, -0.05) is 79.7 Å². The first-order chi connectivity index (χ1) is 25.0. The molecule has 250 valence electrons. The van der Waals surface area contributed by atoms with E-state index in [9.17, 15) is 0 Å². The third-order valence-electron chi connectivity index (χ3n) is 9.68. The minimum absolute atomic E-state index is 0.597. The molecule has 0 fully saturated rings. The van der Waals surface area contributed by atoms with Crippen LogP contribution in [0, 0.1) is 18.3 Å². The smallest absolute Gasteiger partial charge is 0.0712 e. The summed E-state index contributed by atoms with van der Waals surface area (Å²) >= 11 is 0. The van der Waals surface area contributed by atoms with Crippen LogP contribution in [0.3, 0.4) is 0 Å². The summed E-state index contributed by atoms with van der Waals surface area (Å²) in [6.45, 7) is 4.35. The Kier molecular flexibility index (Phi) is 10.4. The third-order valence-corrected chi connectivity index (χ3v) is 9.68. The van der Waals surface area contributed by atoms with Gasteiger partial charge in [0.25, 0.3) is 0 Å². The molecule has 0 amide bonds. The van der Waals surface area contributed by atoms with Gasteiger partial charge in [-0.3, -0.25) is 9.97 Å². The second-order valence-electron chi connectivity index (χ2n) is 13.6. The van der Waals surface area contributed by atoms with Crippen molar-refractivity contribution >= 4 is 16.7 Å². The van der Waals surface area contributed by atoms with Crippen LogP contribution in [-0.4, -0.2) is 15.0 Å². The molecule has 0 N–H and O–H groups in total. The Morgan fingerprint density at radius 3 is 2.35 bits per heavy atom. The Balaban J connectivity index is 1.37. The maximum Gasteiger partial charge on any atom is 0.0712 e. The lowest BCUT2D eigenvalue weighted by Gasteiger charge is -2.16. The first kappa shape index (κ1) is 33.6. The third kappa shape index (κ3) is 8.31. The fourth-order valence-corrected chi connectivity index (χ4v) is 6.79. The van der Waals surface area contributed by atoms with Gasteiger partial charge in [-0.15, -0.1) is 6.42 Å². The Labute approximate surface area is 303 Å². The molecule has 0 aliphatic heterocycles. The van der Waals surface area contributed by atoms with Gasteiger partial charge < -0.3 is 0 Å². The summed E-state index contributed by atoms with van der Waals surface area (Å²) in [5.74, 6) is 3.18. The van der Waals surface area contributed by atoms with Crippen molar-refractivity contribution in [2.45, 2.75) is 52.4 Å². The average Bonchev–Trinajstić information content (AvgIpc) is 3.19. The van der Waals surface area contributed by atoms with Gasteiger partial charge in [-0.2, -0.15) is 0 Å². The minimum Gasteiger partial charge on any atom is -0.256 e. The van der Waals surface area contributed by atoms with Crippen molar-refractivity contribution in [1.29, 1.82) is 0 Å². The monoisotopic (exact) mass is 661 g/mol. The van der Waals surface area contributed by atoms with Crippen LogP contribution < -0.4 is 0 Å². The predicted molar refractivity (Wildman–Crippen MR) is 215 cm³/mol. The average molecular weight is 662 g/mol. The number of aromatic nitrogens is 3. The molecule has 1 atom stereocenters. The SMILES string of the molecule is C#C/C=C\C=C(/C)c1cc(-c2cc(-c3cc(CC4=CCC(C)C=C4)ccn3)cc(-c3cc(C4=CC=CCC4)ccn3)c2)cc(C2=CCCC=C2)n1. The zero-order chi connectivity index (χ0) is 35.0. The molecule has 3 heterocycles. The lowest BCUT2D eigenvalue weighted by Crippen LogP contribution is -1.98. The summed E-state index contributed by atoms with van der Waals surface area (Å²) in [7, 11) is 0. The zero-order valence-corrected chi connectivity index (χ0v) is 29.5. The van der Waals surface area contributed by atoms with E-state index in [4.69, 9.17) is 21.4 Å². The highest BCUT2D eigenvalue weighted by Crippen LogP contribution is 2.36. The van der Waals surface area contributed by atoms with Gasteiger partial charge in [0.2, 0.25) is 0 Å². The van der Waals surface area contributed by atoms with Crippen molar-refractivity contribution in [3.63, 3.8) is 0 Å². The molecule has 0 bridgehead atoms. The topological polar surface area (TPSA) is 38.7 Å². The second-order valence-corrected chi connectivity index (χ2v) is 13.6. The molecule has 7 rings (SSSR count). The van der Waals surface area contributed by atoms with E-state index < -0.39 is 0 Å². The maximum atomic E-state index is 5.49. The summed E-state index contributed by atoms with van der Waals surface area (Å²) in [5, 5.41) is 0. The molecule has 3 aromatic heterocycles. The van der Waals surface area contributed by atoms with E-state index in [1.807, 2.05) is 24.5 Å². The Hall–Kier alpha value is -5.85. The van der Waals surface area contributed by atoms with E-state index in [0.29, 0.717) is 5.92 Å². The fourth-order valence-electron chi connectivity index (χ4n) is 6.79. The van der Waals surface area contributed by atoms with Crippen LogP contribution >= 0.6 is 0 Å². The summed E-state index contributed by atoms with van der Waals surface area (Å²) in [4.78, 5) is 15.0. The van der Waals surface area contributed by atoms with Gasteiger partial charge in [0.05, 0.1) is 22.8 Å². The van der Waals surface area contributed by atoms with Crippen LogP contribution in [0.2, 0.25) is 0 Å². The minimum atomic E-state index is 0.597. The molecule has 1 unspecified atom stereocenters. The van der Waals surface area contributed by atoms with E-state index in [1.54, 1.807) is 6.08 Å². The molecule has 1 aromatic carbocycles. The molecule has 3 heteroatoms. The normalized spacial score (nSPS) is 17.2. The number of terminal acetylenes is 1. The van der Waals surface area contributed by atoms with Gasteiger partial charge in [-0.25, -0.2) is 4.98 Å². The van der Waals surface area contributed by atoms with Gasteiger partial charge in [-0.05, 0) is 157 Å². The quantitative estimate of drug-likeness (QED) is 0.132. The molecule has 4 aromatic rings. The van der Waals surface area contributed by atoms with Crippen LogP contribution in [0.1, 0.15) is 68.5 Å². The number of nitrogens with zero attached hydrogens (tertiary/aromatic N) is 3. The largest absolute Gasteiger partial charge is 0.256 e. The number of allylic oxidation sites excluding steroid dienone is 16. The van der Waals surface area contributed by atoms with E-state index in [2.05, 4.69) is 129 Å². The molecule has 3 aliphatic rings. The number of pyridine rings is 3. The van der Waals surface area contributed by atoms with E-state index >= 15 is 0 Å². The lowest BCUT2D eigenvalue weighted by atomic mass is 9.92. The molecule has 3 aliphatic carbocycles. The van der Waals surface area contributed by atoms with Crippen molar-refractivity contribution < 1.29 is 0 Å². The molecule has 51 heavy (non-hydrogen) atoms. The first-order valence-corrected chi connectivity index (χ1v) is 18.0. The highest BCUT2D eigenvalue weighted by Gasteiger charge is 2.15. The number of benzene rings is 1. The number of rotatable bonds is 9. The van der Waals surface area contributed by atoms with Crippen molar-refractivity contribution in [2.75, 3.05) is 0 Å². The molecular weight excluding hydrogens is 619 g/mol. The van der Waals surface area contributed by atoms with Crippen molar-refractivity contribution in [1.82, 2.24) is 15.0 Å². The predicted octanol–water partition coefficient (Wildman–Crippen LogP) is 12.0. The molecular formula is C48H43N3. The summed E-state index contributed by atoms with van der Waals surface area (Å²) in [6.07, 6.45) is 41.4. The second kappa shape index (κ2) is 15.8. The first-order valence-electron chi connectivity index (χ1n) is 18.0. The lowest BCUT2D eigenvalue weighted by molar-refractivity contribution is 0.728. The Bertz CT molecular complexity index is 2240.